The Kier molecular flexibility index (Phi) is 5.35. The summed E-state index contributed by atoms with van der Waals surface area (Å²) >= 11 is 1.68. The van der Waals surface area contributed by atoms with E-state index < -0.39 is 0 Å². The van der Waals surface area contributed by atoms with Crippen molar-refractivity contribution in [3.8, 4) is 0 Å². The lowest BCUT2D eigenvalue weighted by Crippen LogP contribution is -2.08. The third-order valence-electron chi connectivity index (χ3n) is 2.37. The summed E-state index contributed by atoms with van der Waals surface area (Å²) in [6.07, 6.45) is 3.85. The summed E-state index contributed by atoms with van der Waals surface area (Å²) < 4.78 is 4.96. The van der Waals surface area contributed by atoms with Crippen LogP contribution in [0.1, 0.15) is 48.9 Å². The largest absolute Gasteiger partial charge is 0.461 e. The van der Waals surface area contributed by atoms with Crippen molar-refractivity contribution in [3.05, 3.63) is 28.7 Å². The predicted molar refractivity (Wildman–Crippen MR) is 70.4 cm³/mol. The highest BCUT2D eigenvalue weighted by atomic mass is 32.1. The summed E-state index contributed by atoms with van der Waals surface area (Å²) in [5, 5.41) is 1.00. The summed E-state index contributed by atoms with van der Waals surface area (Å²) in [6, 6.07) is 0. The number of rotatable bonds is 6. The SMILES string of the molecule is C=CCOC(=O)CC(C)c1ncc(C(C)C)s1. The first-order valence-corrected chi connectivity index (χ1v) is 6.58. The van der Waals surface area contributed by atoms with Gasteiger partial charge in [0.1, 0.15) is 6.61 Å². The second-order valence-corrected chi connectivity index (χ2v) is 5.43. The first kappa shape index (κ1) is 13.9. The lowest BCUT2D eigenvalue weighted by atomic mass is 10.1. The van der Waals surface area contributed by atoms with Crippen LogP contribution in [0.5, 0.6) is 0 Å². The number of carbonyl (C=O) groups is 1. The third kappa shape index (κ3) is 4.30. The molecule has 4 heteroatoms. The number of thiazole rings is 1. The number of hydrogen-bond acceptors (Lipinski definition) is 4. The second kappa shape index (κ2) is 6.55. The van der Waals surface area contributed by atoms with Crippen LogP contribution in [0, 0.1) is 0 Å². The fraction of sp³-hybridized carbons (Fsp3) is 0.538. The quantitative estimate of drug-likeness (QED) is 0.575. The number of esters is 1. The molecule has 0 saturated carbocycles. The predicted octanol–water partition coefficient (Wildman–Crippen LogP) is 3.49. The molecule has 0 aliphatic rings. The van der Waals surface area contributed by atoms with Crippen LogP contribution < -0.4 is 0 Å². The maximum absolute atomic E-state index is 11.4. The average molecular weight is 253 g/mol. The molecule has 0 aliphatic heterocycles. The molecule has 1 aromatic heterocycles. The van der Waals surface area contributed by atoms with E-state index in [0.29, 0.717) is 12.3 Å². The zero-order chi connectivity index (χ0) is 12.8. The number of nitrogens with zero attached hydrogens (tertiary/aromatic N) is 1. The summed E-state index contributed by atoms with van der Waals surface area (Å²) in [5.41, 5.74) is 0. The minimum atomic E-state index is -0.196. The number of hydrogen-bond donors (Lipinski definition) is 0. The normalized spacial score (nSPS) is 12.5. The smallest absolute Gasteiger partial charge is 0.306 e. The van der Waals surface area contributed by atoms with Crippen molar-refractivity contribution >= 4 is 17.3 Å². The van der Waals surface area contributed by atoms with Gasteiger partial charge in [0, 0.05) is 17.0 Å². The van der Waals surface area contributed by atoms with Crippen LogP contribution in [0.3, 0.4) is 0 Å². The van der Waals surface area contributed by atoms with Gasteiger partial charge in [0.2, 0.25) is 0 Å². The lowest BCUT2D eigenvalue weighted by molar-refractivity contribution is -0.142. The molecular weight excluding hydrogens is 234 g/mol. The lowest BCUT2D eigenvalue weighted by Gasteiger charge is -2.07. The highest BCUT2D eigenvalue weighted by molar-refractivity contribution is 7.11. The Bertz CT molecular complexity index is 385. The maximum Gasteiger partial charge on any atom is 0.306 e. The first-order valence-electron chi connectivity index (χ1n) is 5.76. The van der Waals surface area contributed by atoms with Crippen molar-refractivity contribution in [2.24, 2.45) is 0 Å². The van der Waals surface area contributed by atoms with Crippen molar-refractivity contribution in [2.45, 2.75) is 39.0 Å². The molecule has 1 atom stereocenters. The minimum absolute atomic E-state index is 0.116. The molecule has 0 bridgehead atoms. The molecule has 0 saturated heterocycles. The Morgan fingerprint density at radius 1 is 1.59 bits per heavy atom. The van der Waals surface area contributed by atoms with Crippen LogP contribution >= 0.6 is 11.3 Å². The molecule has 0 radical (unpaired) electrons. The summed E-state index contributed by atoms with van der Waals surface area (Å²) in [4.78, 5) is 17.1. The molecule has 94 valence electrons. The van der Waals surface area contributed by atoms with Gasteiger partial charge in [0.15, 0.2) is 0 Å². The Labute approximate surface area is 107 Å². The fourth-order valence-electron chi connectivity index (χ4n) is 1.34. The summed E-state index contributed by atoms with van der Waals surface area (Å²) in [7, 11) is 0. The van der Waals surface area contributed by atoms with E-state index in [9.17, 15) is 4.79 Å². The van der Waals surface area contributed by atoms with Gasteiger partial charge in [-0.25, -0.2) is 4.98 Å². The van der Waals surface area contributed by atoms with E-state index in [0.717, 1.165) is 5.01 Å². The molecule has 3 nitrogen and oxygen atoms in total. The Morgan fingerprint density at radius 3 is 2.82 bits per heavy atom. The van der Waals surface area contributed by atoms with E-state index in [2.05, 4.69) is 25.4 Å². The average Bonchev–Trinajstić information content (AvgIpc) is 2.75. The first-order chi connectivity index (χ1) is 8.04. The van der Waals surface area contributed by atoms with Crippen molar-refractivity contribution in [1.82, 2.24) is 4.98 Å². The Balaban J connectivity index is 2.53. The molecule has 17 heavy (non-hydrogen) atoms. The van der Waals surface area contributed by atoms with E-state index in [1.54, 1.807) is 17.4 Å². The molecule has 1 unspecified atom stereocenters. The molecule has 0 N–H and O–H groups in total. The monoisotopic (exact) mass is 253 g/mol. The van der Waals surface area contributed by atoms with Gasteiger partial charge in [-0.1, -0.05) is 33.4 Å². The minimum Gasteiger partial charge on any atom is -0.461 e. The molecule has 0 fully saturated rings. The number of ether oxygens (including phenoxy) is 1. The van der Waals surface area contributed by atoms with Gasteiger partial charge in [-0.15, -0.1) is 11.3 Å². The Morgan fingerprint density at radius 2 is 2.29 bits per heavy atom. The van der Waals surface area contributed by atoms with E-state index >= 15 is 0 Å². The molecule has 1 aromatic rings. The molecule has 0 spiro atoms. The standard InChI is InChI=1S/C13H19NO2S/c1-5-6-16-12(15)7-10(4)13-14-8-11(17-13)9(2)3/h5,8-10H,1,6-7H2,2-4H3. The van der Waals surface area contributed by atoms with Gasteiger partial charge < -0.3 is 4.74 Å². The molecule has 0 amide bonds. The van der Waals surface area contributed by atoms with Gasteiger partial charge >= 0.3 is 5.97 Å². The van der Waals surface area contributed by atoms with Crippen molar-refractivity contribution in [3.63, 3.8) is 0 Å². The van der Waals surface area contributed by atoms with Crippen LogP contribution in [0.4, 0.5) is 0 Å². The van der Waals surface area contributed by atoms with E-state index in [-0.39, 0.29) is 18.5 Å². The molecular formula is C13H19NO2S. The van der Waals surface area contributed by atoms with Crippen molar-refractivity contribution < 1.29 is 9.53 Å². The van der Waals surface area contributed by atoms with Gasteiger partial charge in [0.25, 0.3) is 0 Å². The van der Waals surface area contributed by atoms with Crippen LogP contribution in [0.2, 0.25) is 0 Å². The van der Waals surface area contributed by atoms with Crippen LogP contribution in [0.15, 0.2) is 18.9 Å². The van der Waals surface area contributed by atoms with Gasteiger partial charge in [0.05, 0.1) is 11.4 Å². The number of aromatic nitrogens is 1. The zero-order valence-corrected chi connectivity index (χ0v) is 11.4. The van der Waals surface area contributed by atoms with E-state index in [4.69, 9.17) is 4.74 Å². The molecule has 0 aromatic carbocycles. The molecule has 1 rings (SSSR count). The molecule has 0 aliphatic carbocycles. The van der Waals surface area contributed by atoms with Gasteiger partial charge in [-0.3, -0.25) is 4.79 Å². The molecule has 1 heterocycles. The fourth-order valence-corrected chi connectivity index (χ4v) is 2.32. The highest BCUT2D eigenvalue weighted by Crippen LogP contribution is 2.28. The van der Waals surface area contributed by atoms with Crippen molar-refractivity contribution in [1.29, 1.82) is 0 Å². The summed E-state index contributed by atoms with van der Waals surface area (Å²) in [5.74, 6) is 0.407. The topological polar surface area (TPSA) is 39.2 Å². The van der Waals surface area contributed by atoms with Crippen LogP contribution in [0.25, 0.3) is 0 Å². The van der Waals surface area contributed by atoms with Gasteiger partial charge in [-0.05, 0) is 5.92 Å². The van der Waals surface area contributed by atoms with Crippen LogP contribution in [-0.2, 0) is 9.53 Å². The Hall–Kier alpha value is -1.16. The number of carbonyl (C=O) groups excluding carboxylic acids is 1. The zero-order valence-electron chi connectivity index (χ0n) is 10.6. The maximum atomic E-state index is 11.4. The van der Waals surface area contributed by atoms with Crippen molar-refractivity contribution in [2.75, 3.05) is 6.61 Å². The van der Waals surface area contributed by atoms with E-state index in [1.165, 1.54) is 4.88 Å². The van der Waals surface area contributed by atoms with Gasteiger partial charge in [-0.2, -0.15) is 0 Å². The summed E-state index contributed by atoms with van der Waals surface area (Å²) in [6.45, 7) is 10.1. The highest BCUT2D eigenvalue weighted by Gasteiger charge is 2.16. The van der Waals surface area contributed by atoms with Crippen LogP contribution in [-0.4, -0.2) is 17.6 Å². The third-order valence-corrected chi connectivity index (χ3v) is 3.90. The second-order valence-electron chi connectivity index (χ2n) is 4.33. The van der Waals surface area contributed by atoms with E-state index in [1.807, 2.05) is 13.1 Å².